The first kappa shape index (κ1) is 53.4. The molecule has 0 aliphatic heterocycles. The Morgan fingerprint density at radius 1 is 0.364 bits per heavy atom. The summed E-state index contributed by atoms with van der Waals surface area (Å²) in [6.45, 7) is 8.97. The summed E-state index contributed by atoms with van der Waals surface area (Å²) in [4.78, 5) is 37.5. The third-order valence-corrected chi connectivity index (χ3v) is 11.4. The van der Waals surface area contributed by atoms with E-state index >= 15 is 0 Å². The van der Waals surface area contributed by atoms with Crippen molar-refractivity contribution in [2.24, 2.45) is 5.92 Å². The Bertz CT molecular complexity index is 828. The number of esters is 3. The van der Waals surface area contributed by atoms with Crippen molar-refractivity contribution in [3.8, 4) is 0 Å². The minimum atomic E-state index is -0.757. The molecule has 55 heavy (non-hydrogen) atoms. The molecule has 0 saturated heterocycles. The maximum absolute atomic E-state index is 12.6. The Hall–Kier alpha value is -1.59. The summed E-state index contributed by atoms with van der Waals surface area (Å²) in [5.41, 5.74) is 0. The highest BCUT2D eigenvalue weighted by Crippen LogP contribution is 2.17. The van der Waals surface area contributed by atoms with E-state index in [0.29, 0.717) is 19.3 Å². The van der Waals surface area contributed by atoms with Crippen LogP contribution in [-0.2, 0) is 28.6 Å². The first-order valence-electron chi connectivity index (χ1n) is 24.4. The third-order valence-electron chi connectivity index (χ3n) is 11.4. The van der Waals surface area contributed by atoms with E-state index in [0.717, 1.165) is 70.1 Å². The van der Waals surface area contributed by atoms with Crippen LogP contribution in [0.4, 0.5) is 0 Å². The quantitative estimate of drug-likeness (QED) is 0.0348. The van der Waals surface area contributed by atoms with Gasteiger partial charge in [-0.15, -0.1) is 0 Å². The maximum Gasteiger partial charge on any atom is 0.306 e. The molecule has 6 heteroatoms. The number of hydrogen-bond donors (Lipinski definition) is 0. The fourth-order valence-corrected chi connectivity index (χ4v) is 7.30. The molecule has 1 unspecified atom stereocenters. The molecule has 0 rings (SSSR count). The van der Waals surface area contributed by atoms with Gasteiger partial charge in [0.25, 0.3) is 0 Å². The van der Waals surface area contributed by atoms with Gasteiger partial charge in [-0.05, 0) is 25.2 Å². The molecule has 0 amide bonds. The monoisotopic (exact) mass is 779 g/mol. The molecule has 0 bridgehead atoms. The number of carbonyl (C=O) groups is 3. The normalized spacial score (nSPS) is 12.4. The molecule has 0 aromatic carbocycles. The summed E-state index contributed by atoms with van der Waals surface area (Å²) in [7, 11) is 0. The van der Waals surface area contributed by atoms with Gasteiger partial charge in [0.05, 0.1) is 0 Å². The second-order valence-corrected chi connectivity index (χ2v) is 17.0. The first-order valence-corrected chi connectivity index (χ1v) is 24.4. The fraction of sp³-hybridized carbons (Fsp3) is 0.939. The summed E-state index contributed by atoms with van der Waals surface area (Å²) < 4.78 is 16.6. The minimum Gasteiger partial charge on any atom is -0.462 e. The van der Waals surface area contributed by atoms with Crippen molar-refractivity contribution in [1.29, 1.82) is 0 Å². The molecule has 0 heterocycles. The zero-order valence-corrected chi connectivity index (χ0v) is 37.4. The summed E-state index contributed by atoms with van der Waals surface area (Å²) in [6, 6.07) is 0. The molecule has 0 aliphatic rings. The second-order valence-electron chi connectivity index (χ2n) is 17.0. The second kappa shape index (κ2) is 43.5. The van der Waals surface area contributed by atoms with Crippen LogP contribution in [0.1, 0.15) is 272 Å². The number of hydrogen-bond acceptors (Lipinski definition) is 6. The van der Waals surface area contributed by atoms with Gasteiger partial charge in [0.15, 0.2) is 6.10 Å². The Labute approximate surface area is 342 Å². The molecular formula is C49H94O6. The van der Waals surface area contributed by atoms with Crippen molar-refractivity contribution in [3.05, 3.63) is 0 Å². The average molecular weight is 779 g/mol. The van der Waals surface area contributed by atoms with Crippen LogP contribution in [0, 0.1) is 5.92 Å². The molecule has 0 aliphatic carbocycles. The lowest BCUT2D eigenvalue weighted by molar-refractivity contribution is -0.167. The number of ether oxygens (including phenoxy) is 3. The van der Waals surface area contributed by atoms with Gasteiger partial charge >= 0.3 is 17.9 Å². The molecule has 0 saturated carbocycles. The van der Waals surface area contributed by atoms with Crippen LogP contribution in [0.2, 0.25) is 0 Å². The van der Waals surface area contributed by atoms with Gasteiger partial charge in [0.2, 0.25) is 0 Å². The van der Waals surface area contributed by atoms with E-state index in [1.165, 1.54) is 161 Å². The smallest absolute Gasteiger partial charge is 0.306 e. The van der Waals surface area contributed by atoms with Gasteiger partial charge < -0.3 is 14.2 Å². The predicted molar refractivity (Wildman–Crippen MR) is 233 cm³/mol. The van der Waals surface area contributed by atoms with Gasteiger partial charge in [-0.1, -0.05) is 233 Å². The Morgan fingerprint density at radius 3 is 0.945 bits per heavy atom. The largest absolute Gasteiger partial charge is 0.462 e. The number of rotatable bonds is 44. The van der Waals surface area contributed by atoms with E-state index in [-0.39, 0.29) is 31.1 Å². The highest BCUT2D eigenvalue weighted by Gasteiger charge is 2.19. The van der Waals surface area contributed by atoms with E-state index in [1.54, 1.807) is 0 Å². The van der Waals surface area contributed by atoms with Crippen molar-refractivity contribution < 1.29 is 28.6 Å². The molecule has 0 radical (unpaired) electrons. The van der Waals surface area contributed by atoms with E-state index in [9.17, 15) is 14.4 Å². The molecular weight excluding hydrogens is 685 g/mol. The highest BCUT2D eigenvalue weighted by molar-refractivity contribution is 5.71. The van der Waals surface area contributed by atoms with Crippen LogP contribution >= 0.6 is 0 Å². The standard InChI is InChI=1S/C49H94O6/c1-5-8-10-12-13-14-26-30-34-38-42-49(52)55-46(43-53-47(50)40-36-31-11-9-6-2)44-54-48(51)41-37-33-29-27-24-22-20-18-16-15-17-19-21-23-25-28-32-35-39-45(4)7-3/h45-46H,5-44H2,1-4H3/t45?,46-/m0/s1. The first-order chi connectivity index (χ1) is 26.9. The molecule has 0 aromatic rings. The molecule has 6 nitrogen and oxygen atoms in total. The van der Waals surface area contributed by atoms with Crippen molar-refractivity contribution in [3.63, 3.8) is 0 Å². The van der Waals surface area contributed by atoms with E-state index < -0.39 is 6.10 Å². The van der Waals surface area contributed by atoms with Gasteiger partial charge in [0.1, 0.15) is 13.2 Å². The molecule has 0 N–H and O–H groups in total. The highest BCUT2D eigenvalue weighted by atomic mass is 16.6. The predicted octanol–water partition coefficient (Wildman–Crippen LogP) is 15.5. The summed E-state index contributed by atoms with van der Waals surface area (Å²) in [5.74, 6) is 0.0436. The number of carbonyl (C=O) groups excluding carboxylic acids is 3. The summed E-state index contributed by atoms with van der Waals surface area (Å²) in [5, 5.41) is 0. The Morgan fingerprint density at radius 2 is 0.636 bits per heavy atom. The minimum absolute atomic E-state index is 0.0644. The van der Waals surface area contributed by atoms with Crippen LogP contribution < -0.4 is 0 Å². The van der Waals surface area contributed by atoms with Crippen LogP contribution in [-0.4, -0.2) is 37.2 Å². The van der Waals surface area contributed by atoms with Gasteiger partial charge in [0, 0.05) is 19.3 Å². The lowest BCUT2D eigenvalue weighted by Gasteiger charge is -2.18. The molecule has 0 spiro atoms. The fourth-order valence-electron chi connectivity index (χ4n) is 7.30. The summed E-state index contributed by atoms with van der Waals surface area (Å²) in [6.07, 6.45) is 44.1. The van der Waals surface area contributed by atoms with E-state index in [1.807, 2.05) is 0 Å². The van der Waals surface area contributed by atoms with Crippen molar-refractivity contribution in [2.75, 3.05) is 13.2 Å². The lowest BCUT2D eigenvalue weighted by Crippen LogP contribution is -2.30. The van der Waals surface area contributed by atoms with E-state index in [4.69, 9.17) is 14.2 Å². The number of unbranched alkanes of at least 4 members (excludes halogenated alkanes) is 30. The molecule has 2 atom stereocenters. The summed E-state index contributed by atoms with van der Waals surface area (Å²) >= 11 is 0. The topological polar surface area (TPSA) is 78.9 Å². The van der Waals surface area contributed by atoms with Crippen LogP contribution in [0.5, 0.6) is 0 Å². The van der Waals surface area contributed by atoms with Gasteiger partial charge in [-0.3, -0.25) is 14.4 Å². The van der Waals surface area contributed by atoms with Crippen molar-refractivity contribution in [1.82, 2.24) is 0 Å². The Kier molecular flexibility index (Phi) is 42.3. The van der Waals surface area contributed by atoms with Gasteiger partial charge in [-0.25, -0.2) is 0 Å². The van der Waals surface area contributed by atoms with Crippen LogP contribution in [0.15, 0.2) is 0 Å². The SMILES string of the molecule is CCCCCCCCCCCCC(=O)O[C@@H](COC(=O)CCCCCCC)COC(=O)CCCCCCCCCCCCCCCCCCCCC(C)CC. The molecule has 0 aromatic heterocycles. The molecule has 0 fully saturated rings. The van der Waals surface area contributed by atoms with Crippen molar-refractivity contribution in [2.45, 2.75) is 278 Å². The van der Waals surface area contributed by atoms with E-state index in [2.05, 4.69) is 27.7 Å². The van der Waals surface area contributed by atoms with Crippen molar-refractivity contribution >= 4 is 17.9 Å². The van der Waals surface area contributed by atoms with Crippen LogP contribution in [0.3, 0.4) is 0 Å². The third kappa shape index (κ3) is 41.9. The average Bonchev–Trinajstić information content (AvgIpc) is 3.18. The zero-order valence-electron chi connectivity index (χ0n) is 37.4. The molecule has 326 valence electrons. The maximum atomic E-state index is 12.6. The van der Waals surface area contributed by atoms with Gasteiger partial charge in [-0.2, -0.15) is 0 Å². The Balaban J connectivity index is 4.01. The lowest BCUT2D eigenvalue weighted by atomic mass is 9.99. The zero-order chi connectivity index (χ0) is 40.3. The van der Waals surface area contributed by atoms with Crippen LogP contribution in [0.25, 0.3) is 0 Å².